The van der Waals surface area contributed by atoms with E-state index < -0.39 is 43.6 Å². The van der Waals surface area contributed by atoms with E-state index in [1.165, 1.54) is 30.3 Å². The Kier molecular flexibility index (Phi) is 14.6. The zero-order valence-electron chi connectivity index (χ0n) is 36.6. The highest BCUT2D eigenvalue weighted by atomic mass is 31.2. The van der Waals surface area contributed by atoms with Crippen LogP contribution in [0.2, 0.25) is 0 Å². The molecule has 0 aliphatic carbocycles. The minimum atomic E-state index is -5.12. The minimum Gasteiger partial charge on any atom is -0.456 e. The largest absolute Gasteiger partial charge is 0.471 e. The Balaban J connectivity index is 1.22. The van der Waals surface area contributed by atoms with Crippen LogP contribution in [0, 0.1) is 16.7 Å². The number of amides is 2. The van der Waals surface area contributed by atoms with Gasteiger partial charge in [-0.3, -0.25) is 14.4 Å². The minimum absolute atomic E-state index is 0.0106. The number of fused-ring (bicyclic) bond motifs is 7. The predicted molar refractivity (Wildman–Crippen MR) is 228 cm³/mol. The second-order valence-corrected chi connectivity index (χ2v) is 18.8. The first-order valence-electron chi connectivity index (χ1n) is 21.3. The maximum Gasteiger partial charge on any atom is 0.471 e. The molecular weight excluding hydrogens is 840 g/mol. The van der Waals surface area contributed by atoms with Crippen LogP contribution in [0.15, 0.2) is 48.5 Å². The molecule has 17 heteroatoms. The Morgan fingerprint density at radius 2 is 1.62 bits per heavy atom. The summed E-state index contributed by atoms with van der Waals surface area (Å²) in [5, 5.41) is 11.9. The number of aryl methyl sites for hydroxylation is 1. The third-order valence-electron chi connectivity index (χ3n) is 10.9. The topological polar surface area (TPSA) is 157 Å². The predicted octanol–water partition coefficient (Wildman–Crippen LogP) is 9.63. The van der Waals surface area contributed by atoms with Crippen LogP contribution >= 0.6 is 8.53 Å². The van der Waals surface area contributed by atoms with Gasteiger partial charge in [0.15, 0.2) is 5.60 Å². The van der Waals surface area contributed by atoms with Gasteiger partial charge in [0.1, 0.15) is 17.2 Å². The summed E-state index contributed by atoms with van der Waals surface area (Å²) < 4.78 is 73.9. The van der Waals surface area contributed by atoms with Crippen molar-refractivity contribution in [1.29, 1.82) is 5.26 Å². The Labute approximate surface area is 367 Å². The molecule has 0 radical (unpaired) electrons. The summed E-state index contributed by atoms with van der Waals surface area (Å²) >= 11 is 0. The lowest BCUT2D eigenvalue weighted by Gasteiger charge is -2.39. The van der Waals surface area contributed by atoms with E-state index in [2.05, 4.69) is 43.8 Å². The van der Waals surface area contributed by atoms with Crippen molar-refractivity contribution < 1.29 is 55.6 Å². The van der Waals surface area contributed by atoms with Crippen LogP contribution in [-0.4, -0.2) is 73.0 Å². The van der Waals surface area contributed by atoms with Gasteiger partial charge in [0.05, 0.1) is 42.4 Å². The smallest absolute Gasteiger partial charge is 0.456 e. The van der Waals surface area contributed by atoms with Gasteiger partial charge in [0.2, 0.25) is 0 Å². The number of rotatable bonds is 16. The van der Waals surface area contributed by atoms with Crippen LogP contribution in [0.3, 0.4) is 0 Å². The molecule has 0 bridgehead atoms. The molecule has 2 atom stereocenters. The molecule has 2 unspecified atom stereocenters. The van der Waals surface area contributed by atoms with Gasteiger partial charge in [0.25, 0.3) is 14.4 Å². The van der Waals surface area contributed by atoms with Crippen LogP contribution in [0.4, 0.5) is 18.9 Å². The molecule has 3 aliphatic rings. The molecule has 1 spiro atoms. The highest BCUT2D eigenvalue weighted by Gasteiger charge is 2.55. The van der Waals surface area contributed by atoms with Crippen LogP contribution in [0.1, 0.15) is 130 Å². The zero-order valence-corrected chi connectivity index (χ0v) is 37.5. The van der Waals surface area contributed by atoms with Gasteiger partial charge in [-0.15, -0.1) is 0 Å². The Morgan fingerprint density at radius 1 is 0.921 bits per heavy atom. The van der Waals surface area contributed by atoms with Crippen molar-refractivity contribution in [3.63, 3.8) is 0 Å². The van der Waals surface area contributed by atoms with Crippen molar-refractivity contribution in [3.8, 4) is 23.3 Å². The van der Waals surface area contributed by atoms with Gasteiger partial charge >= 0.3 is 24.0 Å². The third kappa shape index (κ3) is 10.2. The zero-order chi connectivity index (χ0) is 45.9. The van der Waals surface area contributed by atoms with Gasteiger partial charge < -0.3 is 33.5 Å². The van der Waals surface area contributed by atoms with E-state index in [0.29, 0.717) is 59.8 Å². The highest BCUT2D eigenvalue weighted by molar-refractivity contribution is 7.44. The Morgan fingerprint density at radius 3 is 2.30 bits per heavy atom. The lowest BCUT2D eigenvalue weighted by atomic mass is 9.76. The molecule has 1 N–H and O–H groups in total. The van der Waals surface area contributed by atoms with Gasteiger partial charge in [-0.05, 0) is 116 Å². The Bertz CT molecular complexity index is 2260. The fourth-order valence-corrected chi connectivity index (χ4v) is 9.57. The molecule has 0 fully saturated rings. The quantitative estimate of drug-likeness (QED) is 0.0632. The van der Waals surface area contributed by atoms with E-state index >= 15 is 0 Å². The number of hydrogen-bond donors (Lipinski definition) is 1. The molecule has 0 saturated carbocycles. The number of benzene rings is 3. The van der Waals surface area contributed by atoms with Crippen LogP contribution < -0.4 is 19.7 Å². The summed E-state index contributed by atoms with van der Waals surface area (Å²) in [5.74, 6) is -3.42. The lowest BCUT2D eigenvalue weighted by molar-refractivity contribution is -0.170. The number of hydrogen-bond acceptors (Lipinski definition) is 11. The van der Waals surface area contributed by atoms with Gasteiger partial charge in [0, 0.05) is 59.6 Å². The molecule has 338 valence electrons. The SMILES string of the molecule is CC(C)N(C(C)C)P(OCCC#N)OCCCCCCNC(=O)c1ccc2c(c1)C1(OC2=O)c2ccc(OC(=O)C(C)(C)C)cc2Oc2cc3c(cc21)CCCN3C(=O)C(F)(F)F. The molecule has 3 aromatic rings. The molecule has 13 nitrogen and oxygen atoms in total. The number of nitrogens with zero attached hydrogens (tertiary/aromatic N) is 3. The molecule has 6 rings (SSSR count). The van der Waals surface area contributed by atoms with E-state index in [4.69, 9.17) is 28.5 Å². The van der Waals surface area contributed by atoms with Crippen LogP contribution in [0.25, 0.3) is 0 Å². The molecule has 3 heterocycles. The van der Waals surface area contributed by atoms with E-state index in [-0.39, 0.29) is 71.4 Å². The molecule has 0 saturated heterocycles. The summed E-state index contributed by atoms with van der Waals surface area (Å²) in [6, 6.07) is 14.6. The van der Waals surface area contributed by atoms with Crippen molar-refractivity contribution in [2.75, 3.05) is 31.2 Å². The van der Waals surface area contributed by atoms with Crippen molar-refractivity contribution in [2.45, 2.75) is 117 Å². The van der Waals surface area contributed by atoms with E-state index in [1.807, 2.05) is 0 Å². The van der Waals surface area contributed by atoms with E-state index in [0.717, 1.165) is 19.3 Å². The van der Waals surface area contributed by atoms with Crippen molar-refractivity contribution in [1.82, 2.24) is 9.99 Å². The number of nitrogens with one attached hydrogen (secondary N) is 1. The number of anilines is 1. The normalized spacial score (nSPS) is 17.1. The first-order chi connectivity index (χ1) is 29.8. The number of unbranched alkanes of at least 4 members (excludes halogenated alkanes) is 3. The average molecular weight is 895 g/mol. The number of halogens is 3. The first kappa shape index (κ1) is 47.4. The van der Waals surface area contributed by atoms with Gasteiger partial charge in [-0.2, -0.15) is 18.4 Å². The summed E-state index contributed by atoms with van der Waals surface area (Å²) in [6.45, 7) is 14.4. The second-order valence-electron chi connectivity index (χ2n) is 17.3. The van der Waals surface area contributed by atoms with E-state index in [9.17, 15) is 32.3 Å². The molecule has 63 heavy (non-hydrogen) atoms. The van der Waals surface area contributed by atoms with Crippen LogP contribution in [0.5, 0.6) is 17.2 Å². The highest BCUT2D eigenvalue weighted by Crippen LogP contribution is 2.58. The maximum atomic E-state index is 13.8. The third-order valence-corrected chi connectivity index (χ3v) is 13.0. The number of esters is 2. The number of carbonyl (C=O) groups excluding carboxylic acids is 4. The van der Waals surface area contributed by atoms with Crippen molar-refractivity contribution >= 4 is 38.0 Å². The fraction of sp³-hybridized carbons (Fsp3) is 0.500. The van der Waals surface area contributed by atoms with Gasteiger partial charge in [-0.1, -0.05) is 12.8 Å². The standard InChI is InChI=1S/C46H54F3N4O9P/c1-28(2)53(29(3)4)63(59-23-13-19-50)58-22-11-9-8-10-20-51-40(54)31-15-17-33-35(25-31)45(62-41(33)55)34-18-16-32(60-43(57)44(5,6)7)26-38(34)61-39-27-37-30(24-36(39)45)14-12-21-52(37)42(56)46(47,48)49/h15-18,24-29H,8-14,20-23H2,1-7H3,(H,51,54). The fourth-order valence-electron chi connectivity index (χ4n) is 7.95. The molecule has 0 aromatic heterocycles. The number of alkyl halides is 3. The summed E-state index contributed by atoms with van der Waals surface area (Å²) in [5.41, 5.74) is -0.790. The van der Waals surface area contributed by atoms with Crippen molar-refractivity contribution in [2.24, 2.45) is 5.41 Å². The molecule has 3 aliphatic heterocycles. The summed E-state index contributed by atoms with van der Waals surface area (Å²) in [7, 11) is -1.32. The average Bonchev–Trinajstić information content (AvgIpc) is 3.50. The first-order valence-corrected chi connectivity index (χ1v) is 22.4. The van der Waals surface area contributed by atoms with Gasteiger partial charge in [-0.25, -0.2) is 9.46 Å². The molecule has 3 aromatic carbocycles. The maximum absolute atomic E-state index is 13.8. The molecular formula is C46H54F3N4O9P. The number of carbonyl (C=O) groups is 4. The Hall–Kier alpha value is -5.07. The van der Waals surface area contributed by atoms with Crippen molar-refractivity contribution in [3.05, 3.63) is 81.9 Å². The number of ether oxygens (including phenoxy) is 3. The van der Waals surface area contributed by atoms with E-state index in [1.54, 1.807) is 39.0 Å². The molecule has 2 amide bonds. The summed E-state index contributed by atoms with van der Waals surface area (Å²) in [4.78, 5) is 53.6. The van der Waals surface area contributed by atoms with Crippen LogP contribution in [-0.2, 0) is 35.4 Å². The lowest BCUT2D eigenvalue weighted by Crippen LogP contribution is -2.44. The monoisotopic (exact) mass is 894 g/mol. The second kappa shape index (κ2) is 19.4. The summed E-state index contributed by atoms with van der Waals surface area (Å²) in [6.07, 6.45) is -1.10. The number of nitriles is 1.